The maximum Gasteiger partial charge on any atom is 0.280 e. The first-order chi connectivity index (χ1) is 10.2. The number of nitrogens with two attached hydrogens (primary N) is 1. The van der Waals surface area contributed by atoms with E-state index in [4.69, 9.17) is 15.6 Å². The molecule has 0 radical (unpaired) electrons. The monoisotopic (exact) mass is 317 g/mol. The predicted molar refractivity (Wildman–Crippen MR) is 69.1 cm³/mol. The van der Waals surface area contributed by atoms with Gasteiger partial charge in [0.1, 0.15) is 6.61 Å². The molecule has 0 bridgehead atoms. The average molecular weight is 317 g/mol. The maximum absolute atomic E-state index is 14.7. The fraction of sp³-hybridized carbons (Fsp3) is 0.545. The summed E-state index contributed by atoms with van der Waals surface area (Å²) in [6, 6.07) is 0. The van der Waals surface area contributed by atoms with Crippen LogP contribution in [0.4, 0.5) is 14.7 Å². The molecular weight excluding hydrogens is 304 g/mol. The molecule has 22 heavy (non-hydrogen) atoms. The van der Waals surface area contributed by atoms with E-state index in [9.17, 15) is 18.7 Å². The zero-order chi connectivity index (χ0) is 16.3. The molecule has 11 heteroatoms. The third-order valence-corrected chi connectivity index (χ3v) is 3.65. The van der Waals surface area contributed by atoms with Gasteiger partial charge >= 0.3 is 0 Å². The molecule has 0 amide bonds. The molecule has 0 spiro atoms. The number of hydrogen-bond acceptors (Lipinski definition) is 7. The largest absolute Gasteiger partial charge is 0.390 e. The van der Waals surface area contributed by atoms with E-state index < -0.39 is 36.0 Å². The van der Waals surface area contributed by atoms with E-state index in [2.05, 4.69) is 15.0 Å². The van der Waals surface area contributed by atoms with Crippen molar-refractivity contribution >= 4 is 17.1 Å². The summed E-state index contributed by atoms with van der Waals surface area (Å²) in [5.74, 6) is -3.23. The van der Waals surface area contributed by atoms with Crippen LogP contribution in [-0.2, 0) is 4.74 Å². The van der Waals surface area contributed by atoms with Crippen molar-refractivity contribution in [2.24, 2.45) is 0 Å². The number of H-pyrrole nitrogens is 1. The van der Waals surface area contributed by atoms with Gasteiger partial charge in [-0.15, -0.1) is 0 Å². The van der Waals surface area contributed by atoms with Crippen LogP contribution in [0.15, 0.2) is 11.1 Å². The number of imidazole rings is 1. The van der Waals surface area contributed by atoms with Crippen molar-refractivity contribution in [1.82, 2.24) is 19.5 Å². The Morgan fingerprint density at radius 1 is 1.59 bits per heavy atom. The second-order valence-electron chi connectivity index (χ2n) is 5.24. The van der Waals surface area contributed by atoms with Crippen LogP contribution in [0.2, 0.25) is 0 Å². The van der Waals surface area contributed by atoms with Crippen LogP contribution in [0.3, 0.4) is 0 Å². The van der Waals surface area contributed by atoms with Gasteiger partial charge in [-0.1, -0.05) is 0 Å². The lowest BCUT2D eigenvalue weighted by atomic mass is 9.97. The van der Waals surface area contributed by atoms with Crippen molar-refractivity contribution < 1.29 is 23.7 Å². The van der Waals surface area contributed by atoms with Crippen LogP contribution in [0.5, 0.6) is 0 Å². The Hall–Kier alpha value is -2.11. The molecule has 1 unspecified atom stereocenters. The third kappa shape index (κ3) is 1.82. The highest BCUT2D eigenvalue weighted by molar-refractivity contribution is 5.70. The summed E-state index contributed by atoms with van der Waals surface area (Å²) in [6.45, 7) is -0.339. The molecule has 2 aromatic heterocycles. The number of ether oxygens (including phenoxy) is 1. The molecule has 1 saturated heterocycles. The lowest BCUT2D eigenvalue weighted by Gasteiger charge is -2.24. The van der Waals surface area contributed by atoms with Gasteiger partial charge in [0.15, 0.2) is 29.2 Å². The summed E-state index contributed by atoms with van der Waals surface area (Å²) in [5.41, 5.74) is 1.87. The topological polar surface area (TPSA) is 139 Å². The molecule has 0 aliphatic carbocycles. The number of rotatable bonds is 2. The summed E-state index contributed by atoms with van der Waals surface area (Å²) in [5, 5.41) is 18.7. The molecule has 1 aliphatic rings. The number of anilines is 1. The third-order valence-electron chi connectivity index (χ3n) is 3.65. The Kier molecular flexibility index (Phi) is 2.99. The van der Waals surface area contributed by atoms with Gasteiger partial charge < -0.3 is 20.7 Å². The minimum Gasteiger partial charge on any atom is -0.390 e. The quantitative estimate of drug-likeness (QED) is 0.556. The number of nitrogen functional groups attached to an aromatic ring is 1. The number of aromatic amines is 1. The molecule has 9 nitrogen and oxygen atoms in total. The summed E-state index contributed by atoms with van der Waals surface area (Å²) < 4.78 is 34.7. The van der Waals surface area contributed by atoms with Crippen LogP contribution in [0, 0.1) is 0 Å². The van der Waals surface area contributed by atoms with E-state index >= 15 is 0 Å². The smallest absolute Gasteiger partial charge is 0.280 e. The van der Waals surface area contributed by atoms with E-state index in [1.165, 1.54) is 0 Å². The molecule has 4 atom stereocenters. The number of halogens is 2. The van der Waals surface area contributed by atoms with Gasteiger partial charge in [0.05, 0.1) is 6.33 Å². The minimum atomic E-state index is -2.99. The van der Waals surface area contributed by atoms with Crippen LogP contribution in [-0.4, -0.2) is 54.0 Å². The van der Waals surface area contributed by atoms with Gasteiger partial charge in [0.2, 0.25) is 5.95 Å². The molecular formula is C11H13F2N5O4. The molecule has 3 rings (SSSR count). The summed E-state index contributed by atoms with van der Waals surface area (Å²) in [4.78, 5) is 21.5. The zero-order valence-corrected chi connectivity index (χ0v) is 11.3. The van der Waals surface area contributed by atoms with Crippen LogP contribution >= 0.6 is 0 Å². The van der Waals surface area contributed by atoms with E-state index in [0.717, 1.165) is 17.8 Å². The lowest BCUT2D eigenvalue weighted by Crippen LogP contribution is -2.46. The second-order valence-corrected chi connectivity index (χ2v) is 5.24. The van der Waals surface area contributed by atoms with Gasteiger partial charge in [-0.2, -0.15) is 4.98 Å². The highest BCUT2D eigenvalue weighted by atomic mass is 19.2. The second kappa shape index (κ2) is 4.44. The molecule has 3 heterocycles. The fourth-order valence-corrected chi connectivity index (χ4v) is 2.49. The standard InChI is InChI=1S/C11H13F2N5O4/c1-10(12)7(21)11(13,2-19)22-8(10)18-3-15-4-5(18)16-9(14)17-6(4)20/h3,7-8,19,21H,2H2,1H3,(H3,14,16,17,20)/t7?,8-,10-,11-/m1/s1. The molecule has 1 fully saturated rings. The Morgan fingerprint density at radius 3 is 2.86 bits per heavy atom. The number of nitrogens with zero attached hydrogens (tertiary/aromatic N) is 3. The number of hydrogen-bond donors (Lipinski definition) is 4. The summed E-state index contributed by atoms with van der Waals surface area (Å²) in [7, 11) is 0. The molecule has 0 aromatic carbocycles. The minimum absolute atomic E-state index is 0.135. The highest BCUT2D eigenvalue weighted by Crippen LogP contribution is 2.47. The fourth-order valence-electron chi connectivity index (χ4n) is 2.49. The van der Waals surface area contributed by atoms with Crippen LogP contribution in [0.25, 0.3) is 11.2 Å². The van der Waals surface area contributed by atoms with Gasteiger partial charge in [-0.05, 0) is 6.92 Å². The molecule has 0 saturated carbocycles. The first kappa shape index (κ1) is 14.8. The zero-order valence-electron chi connectivity index (χ0n) is 11.3. The molecule has 120 valence electrons. The number of fused-ring (bicyclic) bond motifs is 1. The Balaban J connectivity index is 2.18. The lowest BCUT2D eigenvalue weighted by molar-refractivity contribution is -0.206. The van der Waals surface area contributed by atoms with E-state index in [1.807, 2.05) is 0 Å². The number of aromatic nitrogens is 4. The van der Waals surface area contributed by atoms with Gasteiger partial charge in [-0.25, -0.2) is 13.8 Å². The summed E-state index contributed by atoms with van der Waals surface area (Å²) >= 11 is 0. The van der Waals surface area contributed by atoms with E-state index in [0.29, 0.717) is 0 Å². The number of aliphatic hydroxyl groups excluding tert-OH is 2. The predicted octanol–water partition coefficient (Wildman–Crippen LogP) is -1.02. The van der Waals surface area contributed by atoms with Crippen molar-refractivity contribution in [3.63, 3.8) is 0 Å². The van der Waals surface area contributed by atoms with Gasteiger partial charge in [0, 0.05) is 0 Å². The SMILES string of the molecule is C[C@@]1(F)C(O)[C@@](F)(CO)O[C@H]1n1cnc2c(=O)[nH]c(N)nc21. The average Bonchev–Trinajstić information content (AvgIpc) is 2.93. The Morgan fingerprint density at radius 2 is 2.27 bits per heavy atom. The maximum atomic E-state index is 14.7. The molecule has 5 N–H and O–H groups in total. The number of alkyl halides is 2. The van der Waals surface area contributed by atoms with E-state index in [-0.39, 0.29) is 17.1 Å². The van der Waals surface area contributed by atoms with Crippen molar-refractivity contribution in [2.45, 2.75) is 30.8 Å². The normalized spacial score (nSPS) is 35.3. The van der Waals surface area contributed by atoms with E-state index in [1.54, 1.807) is 0 Å². The van der Waals surface area contributed by atoms with Crippen molar-refractivity contribution in [2.75, 3.05) is 12.3 Å². The Labute approximate surface area is 121 Å². The summed E-state index contributed by atoms with van der Waals surface area (Å²) in [6.07, 6.45) is -2.92. The van der Waals surface area contributed by atoms with Crippen LogP contribution in [0.1, 0.15) is 13.2 Å². The first-order valence-electron chi connectivity index (χ1n) is 6.27. The number of aliphatic hydroxyl groups is 2. The van der Waals surface area contributed by atoms with Crippen LogP contribution < -0.4 is 11.3 Å². The van der Waals surface area contributed by atoms with Crippen molar-refractivity contribution in [3.8, 4) is 0 Å². The molecule has 2 aromatic rings. The number of nitrogens with one attached hydrogen (secondary N) is 1. The van der Waals surface area contributed by atoms with Gasteiger partial charge in [-0.3, -0.25) is 14.3 Å². The Bertz CT molecular complexity index is 790. The highest BCUT2D eigenvalue weighted by Gasteiger charge is 2.64. The van der Waals surface area contributed by atoms with Gasteiger partial charge in [0.25, 0.3) is 11.4 Å². The van der Waals surface area contributed by atoms with Crippen molar-refractivity contribution in [1.29, 1.82) is 0 Å². The van der Waals surface area contributed by atoms with Crippen molar-refractivity contribution in [3.05, 3.63) is 16.7 Å². The molecule has 1 aliphatic heterocycles. The first-order valence-corrected chi connectivity index (χ1v) is 6.27.